The predicted octanol–water partition coefficient (Wildman–Crippen LogP) is 1.78. The van der Waals surface area contributed by atoms with E-state index in [0.717, 1.165) is 18.8 Å². The fourth-order valence-electron chi connectivity index (χ4n) is 1.88. The van der Waals surface area contributed by atoms with Crippen molar-refractivity contribution in [1.29, 1.82) is 0 Å². The highest BCUT2D eigenvalue weighted by atomic mass is 32.1. The number of tetrazole rings is 1. The second kappa shape index (κ2) is 5.58. The summed E-state index contributed by atoms with van der Waals surface area (Å²) >= 11 is 1.84. The first-order valence-electron chi connectivity index (χ1n) is 6.13. The van der Waals surface area contributed by atoms with Crippen LogP contribution in [0.3, 0.4) is 0 Å². The topological polar surface area (TPSA) is 55.6 Å². The number of hydrogen-bond donors (Lipinski definition) is 1. The molecule has 1 unspecified atom stereocenters. The minimum absolute atomic E-state index is 0.275. The Kier molecular flexibility index (Phi) is 4.08. The molecule has 1 atom stereocenters. The lowest BCUT2D eigenvalue weighted by Crippen LogP contribution is -2.22. The average molecular weight is 265 g/mol. The average Bonchev–Trinajstić information content (AvgIpc) is 2.86. The van der Waals surface area contributed by atoms with E-state index in [9.17, 15) is 0 Å². The third-order valence-corrected chi connectivity index (χ3v) is 4.18. The maximum atomic E-state index is 4.25. The number of aromatic nitrogens is 4. The second-order valence-corrected chi connectivity index (χ2v) is 5.69. The van der Waals surface area contributed by atoms with Crippen LogP contribution in [-0.4, -0.2) is 26.8 Å². The third kappa shape index (κ3) is 2.94. The number of thiophene rings is 1. The third-order valence-electron chi connectivity index (χ3n) is 2.92. The maximum Gasteiger partial charge on any atom is 0.176 e. The van der Waals surface area contributed by atoms with Gasteiger partial charge in [-0.05, 0) is 37.2 Å². The Balaban J connectivity index is 2.17. The van der Waals surface area contributed by atoms with E-state index < -0.39 is 0 Å². The van der Waals surface area contributed by atoms with Crippen LogP contribution in [0.2, 0.25) is 0 Å². The molecule has 98 valence electrons. The van der Waals surface area contributed by atoms with Gasteiger partial charge in [-0.15, -0.1) is 21.5 Å². The number of nitrogens with one attached hydrogen (secondary N) is 1. The molecule has 0 fully saturated rings. The molecule has 0 aliphatic heterocycles. The molecule has 0 saturated heterocycles. The van der Waals surface area contributed by atoms with Gasteiger partial charge in [-0.3, -0.25) is 0 Å². The zero-order valence-electron chi connectivity index (χ0n) is 11.3. The maximum absolute atomic E-state index is 4.25. The summed E-state index contributed by atoms with van der Waals surface area (Å²) < 4.78 is 0. The first-order chi connectivity index (χ1) is 8.60. The summed E-state index contributed by atoms with van der Waals surface area (Å²) in [6.07, 6.45) is 0.779. The molecule has 0 aliphatic carbocycles. The largest absolute Gasteiger partial charge is 0.309 e. The molecule has 1 N–H and O–H groups in total. The van der Waals surface area contributed by atoms with Crippen molar-refractivity contribution in [3.63, 3.8) is 0 Å². The van der Waals surface area contributed by atoms with Crippen LogP contribution in [0.5, 0.6) is 0 Å². The van der Waals surface area contributed by atoms with Gasteiger partial charge < -0.3 is 5.32 Å². The zero-order valence-corrected chi connectivity index (χ0v) is 12.1. The smallest absolute Gasteiger partial charge is 0.176 e. The molecule has 0 radical (unpaired) electrons. The number of hydrogen-bond acceptors (Lipinski definition) is 5. The molecule has 6 heteroatoms. The highest BCUT2D eigenvalue weighted by Gasteiger charge is 2.17. The molecular formula is C12H19N5S. The first kappa shape index (κ1) is 13.2. The van der Waals surface area contributed by atoms with Crippen LogP contribution in [0.4, 0.5) is 0 Å². The van der Waals surface area contributed by atoms with E-state index >= 15 is 0 Å². The van der Waals surface area contributed by atoms with Gasteiger partial charge >= 0.3 is 0 Å². The lowest BCUT2D eigenvalue weighted by atomic mass is 10.1. The number of likely N-dealkylation sites (N-methyl/N-ethyl adjacent to an activating group) is 1. The Bertz CT molecular complexity index is 497. The van der Waals surface area contributed by atoms with Crippen molar-refractivity contribution in [2.45, 2.75) is 33.2 Å². The van der Waals surface area contributed by atoms with Crippen LogP contribution in [0.15, 0.2) is 6.07 Å². The molecule has 0 aromatic carbocycles. The lowest BCUT2D eigenvalue weighted by Gasteiger charge is -2.14. The summed E-state index contributed by atoms with van der Waals surface area (Å²) in [7, 11) is 1.79. The van der Waals surface area contributed by atoms with Crippen molar-refractivity contribution in [2.75, 3.05) is 6.54 Å². The minimum atomic E-state index is 0.275. The van der Waals surface area contributed by atoms with Gasteiger partial charge in [0.1, 0.15) is 0 Å². The summed E-state index contributed by atoms with van der Waals surface area (Å²) in [5.41, 5.74) is 1.35. The van der Waals surface area contributed by atoms with Crippen LogP contribution < -0.4 is 5.32 Å². The Morgan fingerprint density at radius 3 is 2.72 bits per heavy atom. The summed E-state index contributed by atoms with van der Waals surface area (Å²) in [6, 6.07) is 2.53. The number of nitrogens with zero attached hydrogens (tertiary/aromatic N) is 4. The summed E-state index contributed by atoms with van der Waals surface area (Å²) in [6.45, 7) is 7.36. The SMILES string of the molecule is CCNC(Cc1nnn(C)n1)c1cc(C)c(C)s1. The van der Waals surface area contributed by atoms with Crippen molar-refractivity contribution in [3.8, 4) is 0 Å². The molecule has 2 rings (SSSR count). The summed E-state index contributed by atoms with van der Waals surface area (Å²) in [5.74, 6) is 0.784. The van der Waals surface area contributed by atoms with E-state index in [-0.39, 0.29) is 6.04 Å². The van der Waals surface area contributed by atoms with Crippen molar-refractivity contribution >= 4 is 11.3 Å². The molecule has 2 heterocycles. The van der Waals surface area contributed by atoms with Crippen molar-refractivity contribution in [3.05, 3.63) is 27.2 Å². The lowest BCUT2D eigenvalue weighted by molar-refractivity contribution is 0.542. The first-order valence-corrected chi connectivity index (χ1v) is 6.95. The monoisotopic (exact) mass is 265 g/mol. The molecule has 18 heavy (non-hydrogen) atoms. The van der Waals surface area contributed by atoms with Gasteiger partial charge in [-0.1, -0.05) is 6.92 Å². The van der Waals surface area contributed by atoms with Crippen molar-refractivity contribution in [2.24, 2.45) is 7.05 Å². The molecule has 0 amide bonds. The molecular weight excluding hydrogens is 246 g/mol. The Labute approximate surface area is 111 Å². The second-order valence-electron chi connectivity index (χ2n) is 4.40. The van der Waals surface area contributed by atoms with Crippen LogP contribution in [-0.2, 0) is 13.5 Å². The van der Waals surface area contributed by atoms with E-state index in [0.29, 0.717) is 0 Å². The Morgan fingerprint density at radius 2 is 2.22 bits per heavy atom. The zero-order chi connectivity index (χ0) is 13.1. The van der Waals surface area contributed by atoms with Crippen molar-refractivity contribution in [1.82, 2.24) is 25.5 Å². The summed E-state index contributed by atoms with van der Waals surface area (Å²) in [4.78, 5) is 4.22. The number of rotatable bonds is 5. The van der Waals surface area contributed by atoms with Gasteiger partial charge in [-0.25, -0.2) is 0 Å². The molecule has 2 aromatic rings. The van der Waals surface area contributed by atoms with Gasteiger partial charge in [0.2, 0.25) is 0 Å². The summed E-state index contributed by atoms with van der Waals surface area (Å²) in [5, 5.41) is 15.7. The molecule has 0 bridgehead atoms. The Hall–Kier alpha value is -1.27. The van der Waals surface area contributed by atoms with Crippen LogP contribution in [0.25, 0.3) is 0 Å². The van der Waals surface area contributed by atoms with E-state index in [1.807, 2.05) is 11.3 Å². The molecule has 0 saturated carbocycles. The fraction of sp³-hybridized carbons (Fsp3) is 0.583. The van der Waals surface area contributed by atoms with Gasteiger partial charge in [0.25, 0.3) is 0 Å². The highest BCUT2D eigenvalue weighted by Crippen LogP contribution is 2.27. The number of aryl methyl sites for hydroxylation is 3. The Morgan fingerprint density at radius 1 is 1.44 bits per heavy atom. The fourth-order valence-corrected chi connectivity index (χ4v) is 3.00. The van der Waals surface area contributed by atoms with E-state index in [1.165, 1.54) is 20.1 Å². The van der Waals surface area contributed by atoms with Gasteiger partial charge in [0, 0.05) is 22.2 Å². The van der Waals surface area contributed by atoms with Crippen LogP contribution in [0.1, 0.15) is 34.1 Å². The molecule has 2 aromatic heterocycles. The van der Waals surface area contributed by atoms with Gasteiger partial charge in [0.05, 0.1) is 7.05 Å². The molecule has 5 nitrogen and oxygen atoms in total. The van der Waals surface area contributed by atoms with Gasteiger partial charge in [-0.2, -0.15) is 4.80 Å². The predicted molar refractivity (Wildman–Crippen MR) is 72.7 cm³/mol. The van der Waals surface area contributed by atoms with E-state index in [1.54, 1.807) is 7.05 Å². The highest BCUT2D eigenvalue weighted by molar-refractivity contribution is 7.12. The van der Waals surface area contributed by atoms with Gasteiger partial charge in [0.15, 0.2) is 5.82 Å². The molecule has 0 spiro atoms. The minimum Gasteiger partial charge on any atom is -0.309 e. The normalized spacial score (nSPS) is 12.9. The van der Waals surface area contributed by atoms with Crippen LogP contribution in [0, 0.1) is 13.8 Å². The van der Waals surface area contributed by atoms with Crippen LogP contribution >= 0.6 is 11.3 Å². The van der Waals surface area contributed by atoms with E-state index in [2.05, 4.69) is 47.6 Å². The molecule has 0 aliphatic rings. The quantitative estimate of drug-likeness (QED) is 0.895. The van der Waals surface area contributed by atoms with E-state index in [4.69, 9.17) is 0 Å². The van der Waals surface area contributed by atoms with Crippen molar-refractivity contribution < 1.29 is 0 Å². The standard InChI is InChI=1S/C12H19N5S/c1-5-13-10(7-12-14-16-17(4)15-12)11-6-8(2)9(3)18-11/h6,10,13H,5,7H2,1-4H3.